The van der Waals surface area contributed by atoms with Gasteiger partial charge >= 0.3 is 0 Å². The monoisotopic (exact) mass is 466 g/mol. The van der Waals surface area contributed by atoms with Gasteiger partial charge in [0.25, 0.3) is 5.91 Å². The summed E-state index contributed by atoms with van der Waals surface area (Å²) in [5, 5.41) is 10.6. The minimum absolute atomic E-state index is 0.134. The molecule has 0 fully saturated rings. The molecule has 0 aliphatic carbocycles. The fourth-order valence-corrected chi connectivity index (χ4v) is 3.53. The maximum atomic E-state index is 12.6. The summed E-state index contributed by atoms with van der Waals surface area (Å²) in [6, 6.07) is 14.7. The summed E-state index contributed by atoms with van der Waals surface area (Å²) < 4.78 is 8.21. The molecule has 7 nitrogen and oxygen atoms in total. The number of halogens is 1. The molecule has 2 heterocycles. The molecule has 2 amide bonds. The minimum atomic E-state index is -0.284. The van der Waals surface area contributed by atoms with Crippen molar-refractivity contribution in [2.75, 3.05) is 5.32 Å². The number of benzene rings is 2. The first-order chi connectivity index (χ1) is 14.5. The van der Waals surface area contributed by atoms with Crippen molar-refractivity contribution in [3.05, 3.63) is 82.3 Å². The van der Waals surface area contributed by atoms with Gasteiger partial charge in [-0.3, -0.25) is 14.3 Å². The second kappa shape index (κ2) is 8.54. The summed E-state index contributed by atoms with van der Waals surface area (Å²) in [7, 11) is 0. The number of aryl methyl sites for hydroxylation is 1. The highest BCUT2D eigenvalue weighted by Crippen LogP contribution is 2.28. The molecule has 0 saturated heterocycles. The van der Waals surface area contributed by atoms with E-state index in [0.717, 1.165) is 21.0 Å². The van der Waals surface area contributed by atoms with Crippen molar-refractivity contribution < 1.29 is 14.0 Å². The second-order valence-electron chi connectivity index (χ2n) is 6.83. The lowest BCUT2D eigenvalue weighted by atomic mass is 10.1. The van der Waals surface area contributed by atoms with Crippen LogP contribution in [0.15, 0.2) is 69.8 Å². The van der Waals surface area contributed by atoms with E-state index in [1.54, 1.807) is 29.2 Å². The molecule has 4 aromatic rings. The molecular weight excluding hydrogens is 448 g/mol. The van der Waals surface area contributed by atoms with Crippen LogP contribution in [0.5, 0.6) is 0 Å². The molecule has 2 aromatic carbocycles. The molecular formula is C22H19BrN4O3. The average molecular weight is 467 g/mol. The number of hydrogen-bond acceptors (Lipinski definition) is 4. The van der Waals surface area contributed by atoms with Crippen molar-refractivity contribution in [1.82, 2.24) is 15.1 Å². The molecule has 0 spiro atoms. The van der Waals surface area contributed by atoms with Crippen LogP contribution >= 0.6 is 15.9 Å². The Labute approximate surface area is 181 Å². The summed E-state index contributed by atoms with van der Waals surface area (Å²) in [5.74, 6) is -0.163. The summed E-state index contributed by atoms with van der Waals surface area (Å²) in [4.78, 5) is 24.8. The van der Waals surface area contributed by atoms with Crippen LogP contribution in [0.1, 0.15) is 21.7 Å². The number of amides is 2. The first-order valence-corrected chi connectivity index (χ1v) is 10.1. The van der Waals surface area contributed by atoms with E-state index in [-0.39, 0.29) is 18.4 Å². The van der Waals surface area contributed by atoms with Crippen molar-refractivity contribution in [1.29, 1.82) is 0 Å². The number of rotatable bonds is 6. The van der Waals surface area contributed by atoms with Crippen molar-refractivity contribution in [3.63, 3.8) is 0 Å². The predicted octanol–water partition coefficient (Wildman–Crippen LogP) is 4.27. The van der Waals surface area contributed by atoms with E-state index in [9.17, 15) is 9.59 Å². The number of anilines is 1. The van der Waals surface area contributed by atoms with Crippen LogP contribution in [0.25, 0.3) is 11.0 Å². The normalized spacial score (nSPS) is 10.9. The van der Waals surface area contributed by atoms with Crippen LogP contribution in [0, 0.1) is 6.92 Å². The van der Waals surface area contributed by atoms with Crippen LogP contribution in [0.2, 0.25) is 0 Å². The van der Waals surface area contributed by atoms with Gasteiger partial charge < -0.3 is 15.1 Å². The van der Waals surface area contributed by atoms with E-state index in [0.29, 0.717) is 23.6 Å². The van der Waals surface area contributed by atoms with Crippen LogP contribution in [-0.4, -0.2) is 21.6 Å². The van der Waals surface area contributed by atoms with Gasteiger partial charge in [-0.05, 0) is 48.9 Å². The van der Waals surface area contributed by atoms with Gasteiger partial charge in [0, 0.05) is 40.0 Å². The van der Waals surface area contributed by atoms with Gasteiger partial charge in [0.15, 0.2) is 5.76 Å². The lowest BCUT2D eigenvalue weighted by Gasteiger charge is -2.08. The fraction of sp³-hybridized carbons (Fsp3) is 0.136. The number of carbonyl (C=O) groups is 2. The Hall–Kier alpha value is -3.39. The Morgan fingerprint density at radius 3 is 2.83 bits per heavy atom. The molecule has 8 heteroatoms. The molecule has 2 aromatic heterocycles. The van der Waals surface area contributed by atoms with Crippen LogP contribution in [0.3, 0.4) is 0 Å². The number of furan rings is 1. The summed E-state index contributed by atoms with van der Waals surface area (Å²) in [6.45, 7) is 2.31. The second-order valence-corrected chi connectivity index (χ2v) is 7.75. The zero-order valence-electron chi connectivity index (χ0n) is 16.2. The number of aromatic nitrogens is 2. The van der Waals surface area contributed by atoms with E-state index in [1.165, 1.54) is 0 Å². The van der Waals surface area contributed by atoms with Gasteiger partial charge in [-0.25, -0.2) is 0 Å². The molecule has 0 aliphatic heterocycles. The lowest BCUT2D eigenvalue weighted by molar-refractivity contribution is -0.116. The Morgan fingerprint density at radius 2 is 2.03 bits per heavy atom. The molecule has 4 rings (SSSR count). The maximum Gasteiger partial charge on any atom is 0.287 e. The van der Waals surface area contributed by atoms with E-state index in [2.05, 4.69) is 31.7 Å². The quantitative estimate of drug-likeness (QED) is 0.443. The molecule has 0 aliphatic rings. The highest BCUT2D eigenvalue weighted by atomic mass is 79.9. The summed E-state index contributed by atoms with van der Waals surface area (Å²) in [5.41, 5.74) is 2.98. The lowest BCUT2D eigenvalue weighted by Crippen LogP contribution is -2.23. The van der Waals surface area contributed by atoms with Crippen molar-refractivity contribution in [2.24, 2.45) is 0 Å². The Kier molecular flexibility index (Phi) is 5.67. The van der Waals surface area contributed by atoms with Crippen LogP contribution in [0.4, 0.5) is 5.69 Å². The smallest absolute Gasteiger partial charge is 0.287 e. The SMILES string of the molecule is Cc1c(C(=O)NCc2cccc(NC(=O)Cn3cccn3)c2)oc2ccc(Br)cc12. The molecule has 0 bridgehead atoms. The number of fused-ring (bicyclic) bond motifs is 1. The van der Waals surface area contributed by atoms with Crippen molar-refractivity contribution in [2.45, 2.75) is 20.0 Å². The number of nitrogens with one attached hydrogen (secondary N) is 2. The first-order valence-electron chi connectivity index (χ1n) is 9.32. The van der Waals surface area contributed by atoms with Crippen LogP contribution in [-0.2, 0) is 17.9 Å². The highest BCUT2D eigenvalue weighted by molar-refractivity contribution is 9.10. The largest absolute Gasteiger partial charge is 0.451 e. The predicted molar refractivity (Wildman–Crippen MR) is 117 cm³/mol. The zero-order valence-corrected chi connectivity index (χ0v) is 17.8. The average Bonchev–Trinajstić information content (AvgIpc) is 3.34. The third-order valence-electron chi connectivity index (χ3n) is 4.63. The molecule has 0 unspecified atom stereocenters. The van der Waals surface area contributed by atoms with E-state index < -0.39 is 0 Å². The fourth-order valence-electron chi connectivity index (χ4n) is 3.17. The molecule has 152 valence electrons. The van der Waals surface area contributed by atoms with Gasteiger partial charge in [-0.15, -0.1) is 0 Å². The molecule has 0 saturated carbocycles. The Morgan fingerprint density at radius 1 is 1.17 bits per heavy atom. The number of carbonyl (C=O) groups excluding carboxylic acids is 2. The van der Waals surface area contributed by atoms with Gasteiger partial charge in [-0.2, -0.15) is 5.10 Å². The van der Waals surface area contributed by atoms with E-state index in [4.69, 9.17) is 4.42 Å². The standard InChI is InChI=1S/C22H19BrN4O3/c1-14-18-11-16(23)6-7-19(18)30-21(14)22(29)24-12-15-4-2-5-17(10-15)26-20(28)13-27-9-3-8-25-27/h2-11H,12-13H2,1H3,(H,24,29)(H,26,28). The van der Waals surface area contributed by atoms with Gasteiger partial charge in [0.05, 0.1) is 0 Å². The number of nitrogens with zero attached hydrogens (tertiary/aromatic N) is 2. The third-order valence-corrected chi connectivity index (χ3v) is 5.13. The van der Waals surface area contributed by atoms with E-state index >= 15 is 0 Å². The van der Waals surface area contributed by atoms with E-state index in [1.807, 2.05) is 43.3 Å². The molecule has 30 heavy (non-hydrogen) atoms. The molecule has 2 N–H and O–H groups in total. The van der Waals surface area contributed by atoms with Crippen molar-refractivity contribution in [3.8, 4) is 0 Å². The van der Waals surface area contributed by atoms with Crippen LogP contribution < -0.4 is 10.6 Å². The summed E-state index contributed by atoms with van der Waals surface area (Å²) >= 11 is 3.44. The molecule has 0 atom stereocenters. The minimum Gasteiger partial charge on any atom is -0.451 e. The van der Waals surface area contributed by atoms with Gasteiger partial charge in [0.2, 0.25) is 5.91 Å². The molecule has 0 radical (unpaired) electrons. The van der Waals surface area contributed by atoms with Gasteiger partial charge in [0.1, 0.15) is 12.1 Å². The highest BCUT2D eigenvalue weighted by Gasteiger charge is 2.17. The van der Waals surface area contributed by atoms with Gasteiger partial charge in [-0.1, -0.05) is 28.1 Å². The zero-order chi connectivity index (χ0) is 21.1. The van der Waals surface area contributed by atoms with Crippen molar-refractivity contribution >= 4 is 44.4 Å². The first kappa shape index (κ1) is 19.9. The Bertz CT molecular complexity index is 1210. The summed E-state index contributed by atoms with van der Waals surface area (Å²) in [6.07, 6.45) is 3.35. The maximum absolute atomic E-state index is 12.6. The topological polar surface area (TPSA) is 89.2 Å². The Balaban J connectivity index is 1.40. The third kappa shape index (κ3) is 4.44. The number of hydrogen-bond donors (Lipinski definition) is 2.